The summed E-state index contributed by atoms with van der Waals surface area (Å²) in [6, 6.07) is 0. The first-order chi connectivity index (χ1) is 5.07. The predicted octanol–water partition coefficient (Wildman–Crippen LogP) is 1.79. The summed E-state index contributed by atoms with van der Waals surface area (Å²) in [7, 11) is -1.42. The molecular formula is C7H14O3P+. The average molecular weight is 177 g/mol. The molecule has 0 rings (SSSR count). The fraction of sp³-hybridized carbons (Fsp3) is 0.857. The monoisotopic (exact) mass is 177 g/mol. The summed E-state index contributed by atoms with van der Waals surface area (Å²) in [6.45, 7) is 5.76. The maximum Gasteiger partial charge on any atom is 0.354 e. The highest BCUT2D eigenvalue weighted by Gasteiger charge is 2.25. The van der Waals surface area contributed by atoms with E-state index in [1.54, 1.807) is 6.92 Å². The molecule has 0 saturated carbocycles. The van der Waals surface area contributed by atoms with Gasteiger partial charge < -0.3 is 4.74 Å². The lowest BCUT2D eigenvalue weighted by atomic mass is 10.6. The molecule has 0 bridgehead atoms. The summed E-state index contributed by atoms with van der Waals surface area (Å²) in [5.74, 6) is -0.359. The van der Waals surface area contributed by atoms with Crippen molar-refractivity contribution in [3.8, 4) is 0 Å². The minimum absolute atomic E-state index is 0.0564. The molecule has 0 amide bonds. The molecular weight excluding hydrogens is 163 g/mol. The van der Waals surface area contributed by atoms with Crippen molar-refractivity contribution in [2.24, 2.45) is 0 Å². The number of carbonyl (C=O) groups is 1. The van der Waals surface area contributed by atoms with E-state index in [4.69, 9.17) is 0 Å². The van der Waals surface area contributed by atoms with Gasteiger partial charge in [-0.15, -0.1) is 0 Å². The van der Waals surface area contributed by atoms with Crippen LogP contribution in [0.1, 0.15) is 20.8 Å². The SMILES string of the molecule is CCOC(=O)C[P+](=O)C(C)C. The number of hydrogen-bond donors (Lipinski definition) is 0. The number of esters is 1. The molecule has 11 heavy (non-hydrogen) atoms. The standard InChI is InChI=1S/C7H14O3P/c1-4-10-7(8)5-11(9)6(2)3/h6H,4-5H2,1-3H3/q+1. The molecule has 3 nitrogen and oxygen atoms in total. The molecule has 0 fully saturated rings. The first-order valence-electron chi connectivity index (χ1n) is 3.67. The van der Waals surface area contributed by atoms with Crippen LogP contribution in [-0.2, 0) is 14.1 Å². The molecule has 0 aromatic carbocycles. The Labute approximate surface area is 67.9 Å². The van der Waals surface area contributed by atoms with Crippen LogP contribution in [0, 0.1) is 0 Å². The van der Waals surface area contributed by atoms with Gasteiger partial charge in [-0.1, -0.05) is 4.57 Å². The normalized spacial score (nSPS) is 11.5. The first-order valence-corrected chi connectivity index (χ1v) is 5.18. The molecule has 1 unspecified atom stereocenters. The highest BCUT2D eigenvalue weighted by Crippen LogP contribution is 2.26. The first kappa shape index (κ1) is 10.6. The lowest BCUT2D eigenvalue weighted by molar-refractivity contribution is -0.139. The van der Waals surface area contributed by atoms with Crippen LogP contribution in [-0.4, -0.2) is 24.4 Å². The molecule has 64 valence electrons. The van der Waals surface area contributed by atoms with Crippen LogP contribution in [0.3, 0.4) is 0 Å². The maximum absolute atomic E-state index is 11.1. The van der Waals surface area contributed by atoms with Gasteiger partial charge in [-0.2, -0.15) is 0 Å². The molecule has 0 aliphatic rings. The molecule has 1 atom stereocenters. The van der Waals surface area contributed by atoms with E-state index in [1.807, 2.05) is 13.8 Å². The van der Waals surface area contributed by atoms with Crippen LogP contribution in [0.25, 0.3) is 0 Å². The largest absolute Gasteiger partial charge is 0.463 e. The summed E-state index contributed by atoms with van der Waals surface area (Å²) in [5, 5.41) is 0. The van der Waals surface area contributed by atoms with Crippen molar-refractivity contribution in [1.29, 1.82) is 0 Å². The van der Waals surface area contributed by atoms with E-state index in [9.17, 15) is 9.36 Å². The molecule has 0 saturated heterocycles. The van der Waals surface area contributed by atoms with Crippen LogP contribution < -0.4 is 0 Å². The molecule has 0 aromatic rings. The Balaban J connectivity index is 3.67. The van der Waals surface area contributed by atoms with E-state index < -0.39 is 7.80 Å². The van der Waals surface area contributed by atoms with Crippen molar-refractivity contribution in [2.45, 2.75) is 26.4 Å². The third kappa shape index (κ3) is 4.91. The van der Waals surface area contributed by atoms with E-state index in [2.05, 4.69) is 4.74 Å². The van der Waals surface area contributed by atoms with Crippen LogP contribution in [0.2, 0.25) is 0 Å². The van der Waals surface area contributed by atoms with Gasteiger partial charge in [0.2, 0.25) is 6.16 Å². The van der Waals surface area contributed by atoms with Crippen molar-refractivity contribution < 1.29 is 14.1 Å². The lowest BCUT2D eigenvalue weighted by Gasteiger charge is -1.94. The summed E-state index contributed by atoms with van der Waals surface area (Å²) in [6.07, 6.45) is 0.0564. The number of carbonyl (C=O) groups excluding carboxylic acids is 1. The molecule has 4 heteroatoms. The second kappa shape index (κ2) is 5.25. The predicted molar refractivity (Wildman–Crippen MR) is 44.2 cm³/mol. The Morgan fingerprint density at radius 1 is 1.55 bits per heavy atom. The lowest BCUT2D eigenvalue weighted by Crippen LogP contribution is -2.08. The van der Waals surface area contributed by atoms with Crippen LogP contribution >= 0.6 is 7.80 Å². The van der Waals surface area contributed by atoms with Gasteiger partial charge in [0.25, 0.3) is 0 Å². The third-order valence-electron chi connectivity index (χ3n) is 1.17. The van der Waals surface area contributed by atoms with Gasteiger partial charge >= 0.3 is 13.8 Å². The second-order valence-electron chi connectivity index (χ2n) is 2.47. The fourth-order valence-electron chi connectivity index (χ4n) is 0.516. The van der Waals surface area contributed by atoms with Gasteiger partial charge in [-0.3, -0.25) is 0 Å². The summed E-state index contributed by atoms with van der Waals surface area (Å²) in [4.78, 5) is 10.8. The minimum atomic E-state index is -1.42. The van der Waals surface area contributed by atoms with Crippen molar-refractivity contribution in [3.63, 3.8) is 0 Å². The molecule has 0 aliphatic heterocycles. The van der Waals surface area contributed by atoms with E-state index in [1.165, 1.54) is 0 Å². The highest BCUT2D eigenvalue weighted by atomic mass is 31.1. The van der Waals surface area contributed by atoms with Gasteiger partial charge in [0.15, 0.2) is 5.66 Å². The van der Waals surface area contributed by atoms with Gasteiger partial charge in [-0.25, -0.2) is 4.79 Å². The van der Waals surface area contributed by atoms with Gasteiger partial charge in [0.05, 0.1) is 6.61 Å². The molecule has 0 aromatic heterocycles. The Morgan fingerprint density at radius 2 is 2.09 bits per heavy atom. The van der Waals surface area contributed by atoms with Crippen molar-refractivity contribution >= 4 is 13.8 Å². The second-order valence-corrected chi connectivity index (χ2v) is 4.66. The van der Waals surface area contributed by atoms with E-state index in [-0.39, 0.29) is 17.8 Å². The number of rotatable bonds is 4. The Morgan fingerprint density at radius 3 is 2.45 bits per heavy atom. The summed E-state index contributed by atoms with van der Waals surface area (Å²) in [5.41, 5.74) is 0.0643. The summed E-state index contributed by atoms with van der Waals surface area (Å²) >= 11 is 0. The van der Waals surface area contributed by atoms with E-state index in [0.717, 1.165) is 0 Å². The zero-order chi connectivity index (χ0) is 8.85. The van der Waals surface area contributed by atoms with Crippen LogP contribution in [0.4, 0.5) is 0 Å². The molecule has 0 spiro atoms. The minimum Gasteiger partial charge on any atom is -0.463 e. The van der Waals surface area contributed by atoms with Gasteiger partial charge in [-0.05, 0) is 20.8 Å². The number of hydrogen-bond acceptors (Lipinski definition) is 3. The third-order valence-corrected chi connectivity index (χ3v) is 2.89. The molecule has 0 aliphatic carbocycles. The Kier molecular flexibility index (Phi) is 5.05. The fourth-order valence-corrected chi connectivity index (χ4v) is 1.23. The maximum atomic E-state index is 11.1. The summed E-state index contributed by atoms with van der Waals surface area (Å²) < 4.78 is 15.7. The highest BCUT2D eigenvalue weighted by molar-refractivity contribution is 7.46. The van der Waals surface area contributed by atoms with E-state index >= 15 is 0 Å². The quantitative estimate of drug-likeness (QED) is 0.485. The van der Waals surface area contributed by atoms with E-state index in [0.29, 0.717) is 6.61 Å². The smallest absolute Gasteiger partial charge is 0.354 e. The van der Waals surface area contributed by atoms with Gasteiger partial charge in [0.1, 0.15) is 0 Å². The number of ether oxygens (including phenoxy) is 1. The molecule has 0 heterocycles. The van der Waals surface area contributed by atoms with Gasteiger partial charge in [0, 0.05) is 0 Å². The van der Waals surface area contributed by atoms with Crippen molar-refractivity contribution in [1.82, 2.24) is 0 Å². The van der Waals surface area contributed by atoms with Crippen molar-refractivity contribution in [3.05, 3.63) is 0 Å². The molecule has 0 N–H and O–H groups in total. The zero-order valence-corrected chi connectivity index (χ0v) is 8.06. The zero-order valence-electron chi connectivity index (χ0n) is 7.16. The Bertz CT molecular complexity index is 154. The molecule has 0 radical (unpaired) electrons. The van der Waals surface area contributed by atoms with Crippen LogP contribution in [0.15, 0.2) is 0 Å². The van der Waals surface area contributed by atoms with Crippen molar-refractivity contribution in [2.75, 3.05) is 12.8 Å². The van der Waals surface area contributed by atoms with Crippen LogP contribution in [0.5, 0.6) is 0 Å². The average Bonchev–Trinajstić information content (AvgIpc) is 1.87. The topological polar surface area (TPSA) is 43.4 Å². The Hall–Kier alpha value is -0.430.